The van der Waals surface area contributed by atoms with E-state index in [4.69, 9.17) is 9.47 Å². The lowest BCUT2D eigenvalue weighted by Gasteiger charge is -2.14. The monoisotopic (exact) mass is 314 g/mol. The maximum absolute atomic E-state index is 12.1. The second-order valence-electron chi connectivity index (χ2n) is 4.64. The predicted octanol–water partition coefficient (Wildman–Crippen LogP) is -0.484. The Morgan fingerprint density at radius 1 is 1.52 bits per heavy atom. The normalized spacial score (nSPS) is 18.6. The van der Waals surface area contributed by atoms with Gasteiger partial charge in [0.15, 0.2) is 0 Å². The van der Waals surface area contributed by atoms with E-state index in [0.29, 0.717) is 6.61 Å². The summed E-state index contributed by atoms with van der Waals surface area (Å²) >= 11 is 0. The van der Waals surface area contributed by atoms with Crippen LogP contribution in [-0.4, -0.2) is 40.8 Å². The van der Waals surface area contributed by atoms with E-state index in [9.17, 15) is 18.3 Å². The van der Waals surface area contributed by atoms with Gasteiger partial charge in [-0.3, -0.25) is 0 Å². The molecule has 116 valence electrons. The van der Waals surface area contributed by atoms with E-state index in [1.165, 1.54) is 19.2 Å². The average molecular weight is 314 g/mol. The molecule has 1 aliphatic heterocycles. The molecule has 1 aromatic rings. The molecular weight excluding hydrogens is 298 g/mol. The number of sulfonamides is 1. The standard InChI is InChI=1S/C13H17NO6S/c1-19-12-5-4-10(7-11(12)13(15)16)21(17,18)14-8-9-3-2-6-20-9/h4-5,7,9,14H,2-3,6,8H2,1H3,(H,15,16)/p-1/t9-/m1/s1. The molecule has 1 fully saturated rings. The Balaban J connectivity index is 2.18. The molecule has 7 nitrogen and oxygen atoms in total. The Labute approximate surface area is 122 Å². The maximum Gasteiger partial charge on any atom is 0.240 e. The Morgan fingerprint density at radius 3 is 2.86 bits per heavy atom. The van der Waals surface area contributed by atoms with Gasteiger partial charge in [0, 0.05) is 18.7 Å². The number of nitrogens with one attached hydrogen (secondary N) is 1. The second-order valence-corrected chi connectivity index (χ2v) is 6.40. The number of hydrogen-bond donors (Lipinski definition) is 1. The van der Waals surface area contributed by atoms with Gasteiger partial charge in [-0.15, -0.1) is 0 Å². The third-order valence-electron chi connectivity index (χ3n) is 3.23. The van der Waals surface area contributed by atoms with E-state index in [0.717, 1.165) is 18.9 Å². The zero-order valence-electron chi connectivity index (χ0n) is 11.5. The first-order valence-electron chi connectivity index (χ1n) is 6.44. The van der Waals surface area contributed by atoms with Gasteiger partial charge in [0.05, 0.1) is 24.1 Å². The van der Waals surface area contributed by atoms with E-state index < -0.39 is 16.0 Å². The summed E-state index contributed by atoms with van der Waals surface area (Å²) in [7, 11) is -2.51. The van der Waals surface area contributed by atoms with Crippen LogP contribution >= 0.6 is 0 Å². The molecule has 0 aliphatic carbocycles. The average Bonchev–Trinajstić information content (AvgIpc) is 2.97. The molecule has 0 aromatic heterocycles. The minimum Gasteiger partial charge on any atom is -0.545 e. The van der Waals surface area contributed by atoms with Crippen molar-refractivity contribution in [1.29, 1.82) is 0 Å². The third kappa shape index (κ3) is 3.72. The SMILES string of the molecule is COc1ccc(S(=O)(=O)NC[C@H]2CCCO2)cc1C(=O)[O-]. The summed E-state index contributed by atoms with van der Waals surface area (Å²) in [5, 5.41) is 11.0. The van der Waals surface area contributed by atoms with Gasteiger partial charge in [-0.25, -0.2) is 13.1 Å². The number of aromatic carboxylic acids is 1. The van der Waals surface area contributed by atoms with Crippen molar-refractivity contribution < 1.29 is 27.8 Å². The first-order chi connectivity index (χ1) is 9.94. The first-order valence-corrected chi connectivity index (χ1v) is 7.93. The van der Waals surface area contributed by atoms with E-state index in [2.05, 4.69) is 4.72 Å². The van der Waals surface area contributed by atoms with Crippen LogP contribution in [0.5, 0.6) is 5.75 Å². The molecule has 21 heavy (non-hydrogen) atoms. The van der Waals surface area contributed by atoms with Crippen molar-refractivity contribution in [1.82, 2.24) is 4.72 Å². The Morgan fingerprint density at radius 2 is 2.29 bits per heavy atom. The number of rotatable bonds is 6. The largest absolute Gasteiger partial charge is 0.545 e. The molecule has 0 saturated carbocycles. The highest BCUT2D eigenvalue weighted by Crippen LogP contribution is 2.22. The number of carboxylic acid groups (broad SMARTS) is 1. The van der Waals surface area contributed by atoms with Crippen molar-refractivity contribution in [2.45, 2.75) is 23.8 Å². The Kier molecular flexibility index (Phi) is 4.81. The zero-order valence-corrected chi connectivity index (χ0v) is 12.3. The number of carbonyl (C=O) groups is 1. The summed E-state index contributed by atoms with van der Waals surface area (Å²) in [6.45, 7) is 0.790. The van der Waals surface area contributed by atoms with Crippen molar-refractivity contribution in [3.8, 4) is 5.75 Å². The molecule has 1 atom stereocenters. The number of carbonyl (C=O) groups excluding carboxylic acids is 1. The van der Waals surface area contributed by atoms with Gasteiger partial charge in [0.2, 0.25) is 10.0 Å². The maximum atomic E-state index is 12.1. The molecule has 0 radical (unpaired) electrons. The smallest absolute Gasteiger partial charge is 0.240 e. The Bertz CT molecular complexity index is 622. The van der Waals surface area contributed by atoms with Gasteiger partial charge in [-0.1, -0.05) is 0 Å². The molecule has 1 saturated heterocycles. The van der Waals surface area contributed by atoms with E-state index >= 15 is 0 Å². The summed E-state index contributed by atoms with van der Waals surface area (Å²) in [5.41, 5.74) is -0.308. The molecule has 0 spiro atoms. The zero-order chi connectivity index (χ0) is 15.5. The van der Waals surface area contributed by atoms with Gasteiger partial charge >= 0.3 is 0 Å². The molecule has 1 aromatic carbocycles. The highest BCUT2D eigenvalue weighted by Gasteiger charge is 2.21. The summed E-state index contributed by atoms with van der Waals surface area (Å²) in [6.07, 6.45) is 1.57. The molecule has 0 unspecified atom stereocenters. The van der Waals surface area contributed by atoms with Gasteiger partial charge in [0.1, 0.15) is 5.75 Å². The molecular formula is C13H16NO6S-. The van der Waals surface area contributed by atoms with Crippen molar-refractivity contribution in [2.75, 3.05) is 20.3 Å². The summed E-state index contributed by atoms with van der Waals surface area (Å²) < 4.78 is 36.9. The van der Waals surface area contributed by atoms with Crippen LogP contribution in [0.15, 0.2) is 23.1 Å². The molecule has 1 heterocycles. The summed E-state index contributed by atoms with van der Waals surface area (Å²) in [5.74, 6) is -1.45. The fourth-order valence-corrected chi connectivity index (χ4v) is 3.20. The number of methoxy groups -OCH3 is 1. The highest BCUT2D eigenvalue weighted by atomic mass is 32.2. The quantitative estimate of drug-likeness (QED) is 0.760. The lowest BCUT2D eigenvalue weighted by molar-refractivity contribution is -0.255. The molecule has 1 aliphatic rings. The van der Waals surface area contributed by atoms with Crippen LogP contribution in [0.2, 0.25) is 0 Å². The van der Waals surface area contributed by atoms with Crippen LogP contribution in [0.1, 0.15) is 23.2 Å². The van der Waals surface area contributed by atoms with Crippen LogP contribution in [0, 0.1) is 0 Å². The topological polar surface area (TPSA) is 105 Å². The third-order valence-corrected chi connectivity index (χ3v) is 4.65. The molecule has 0 amide bonds. The number of benzene rings is 1. The second kappa shape index (κ2) is 6.42. The number of ether oxygens (including phenoxy) is 2. The van der Waals surface area contributed by atoms with Crippen LogP contribution in [-0.2, 0) is 14.8 Å². The number of carboxylic acids is 1. The minimum absolute atomic E-state index is 0.0491. The van der Waals surface area contributed by atoms with Gasteiger partial charge in [-0.2, -0.15) is 0 Å². The van der Waals surface area contributed by atoms with Gasteiger partial charge in [-0.05, 0) is 31.0 Å². The molecule has 1 N–H and O–H groups in total. The predicted molar refractivity (Wildman–Crippen MR) is 71.5 cm³/mol. The van der Waals surface area contributed by atoms with E-state index in [1.54, 1.807) is 0 Å². The summed E-state index contributed by atoms with van der Waals surface area (Å²) in [4.78, 5) is 10.8. The van der Waals surface area contributed by atoms with E-state index in [1.807, 2.05) is 0 Å². The van der Waals surface area contributed by atoms with Crippen molar-refractivity contribution in [3.63, 3.8) is 0 Å². The minimum atomic E-state index is -3.81. The lowest BCUT2D eigenvalue weighted by Crippen LogP contribution is -2.32. The van der Waals surface area contributed by atoms with E-state index in [-0.39, 0.29) is 28.9 Å². The lowest BCUT2D eigenvalue weighted by atomic mass is 10.2. The van der Waals surface area contributed by atoms with Crippen LogP contribution in [0.4, 0.5) is 0 Å². The molecule has 8 heteroatoms. The fourth-order valence-electron chi connectivity index (χ4n) is 2.11. The van der Waals surface area contributed by atoms with Crippen LogP contribution in [0.3, 0.4) is 0 Å². The van der Waals surface area contributed by atoms with Gasteiger partial charge < -0.3 is 19.4 Å². The van der Waals surface area contributed by atoms with Crippen molar-refractivity contribution in [3.05, 3.63) is 23.8 Å². The fraction of sp³-hybridized carbons (Fsp3) is 0.462. The van der Waals surface area contributed by atoms with Crippen molar-refractivity contribution >= 4 is 16.0 Å². The van der Waals surface area contributed by atoms with Crippen LogP contribution in [0.25, 0.3) is 0 Å². The van der Waals surface area contributed by atoms with Gasteiger partial charge in [0.25, 0.3) is 0 Å². The molecule has 0 bridgehead atoms. The summed E-state index contributed by atoms with van der Waals surface area (Å²) in [6, 6.07) is 3.58. The number of hydrogen-bond acceptors (Lipinski definition) is 6. The Hall–Kier alpha value is -1.64. The first kappa shape index (κ1) is 15.7. The van der Waals surface area contributed by atoms with Crippen LogP contribution < -0.4 is 14.6 Å². The van der Waals surface area contributed by atoms with Crippen molar-refractivity contribution in [2.24, 2.45) is 0 Å². The highest BCUT2D eigenvalue weighted by molar-refractivity contribution is 7.89. The molecule has 2 rings (SSSR count).